The van der Waals surface area contributed by atoms with E-state index in [-0.39, 0.29) is 5.91 Å². The number of amides is 1. The van der Waals surface area contributed by atoms with E-state index in [1.165, 1.54) is 0 Å². The third-order valence-corrected chi connectivity index (χ3v) is 6.19. The maximum Gasteiger partial charge on any atom is 0.246 e. The minimum absolute atomic E-state index is 0.00606. The van der Waals surface area contributed by atoms with Gasteiger partial charge < -0.3 is 23.8 Å². The number of hydrogen-bond acceptors (Lipinski definition) is 6. The van der Waals surface area contributed by atoms with Crippen molar-refractivity contribution < 1.29 is 18.8 Å². The first-order valence-electron chi connectivity index (χ1n) is 11.1. The molecule has 3 aromatic rings. The number of piperazine rings is 1. The van der Waals surface area contributed by atoms with E-state index in [2.05, 4.69) is 10.1 Å². The van der Waals surface area contributed by atoms with Crippen molar-refractivity contribution >= 4 is 29.3 Å². The Labute approximate surface area is 204 Å². The second kappa shape index (κ2) is 10.7. The van der Waals surface area contributed by atoms with Gasteiger partial charge in [-0.3, -0.25) is 4.79 Å². The smallest absolute Gasteiger partial charge is 0.246 e. The van der Waals surface area contributed by atoms with Gasteiger partial charge in [0.1, 0.15) is 12.4 Å². The van der Waals surface area contributed by atoms with Gasteiger partial charge in [0.2, 0.25) is 5.91 Å². The average Bonchev–Trinajstić information content (AvgIpc) is 3.18. The van der Waals surface area contributed by atoms with Crippen LogP contribution in [0.5, 0.6) is 11.5 Å². The van der Waals surface area contributed by atoms with Crippen molar-refractivity contribution in [3.05, 3.63) is 76.1 Å². The molecule has 1 fully saturated rings. The summed E-state index contributed by atoms with van der Waals surface area (Å²) in [6, 6.07) is 13.4. The molecule has 0 spiro atoms. The van der Waals surface area contributed by atoms with Crippen LogP contribution < -0.4 is 14.4 Å². The Hall–Kier alpha value is -3.45. The van der Waals surface area contributed by atoms with E-state index in [4.69, 9.17) is 25.6 Å². The summed E-state index contributed by atoms with van der Waals surface area (Å²) in [6.45, 7) is 6.99. The molecule has 0 aliphatic carbocycles. The molecule has 0 unspecified atom stereocenters. The molecular formula is C26H28ClN3O4. The van der Waals surface area contributed by atoms with E-state index in [1.54, 1.807) is 19.3 Å². The molecular weight excluding hydrogens is 454 g/mol. The zero-order valence-corrected chi connectivity index (χ0v) is 20.3. The molecule has 8 heteroatoms. The summed E-state index contributed by atoms with van der Waals surface area (Å²) >= 11 is 5.98. The van der Waals surface area contributed by atoms with Crippen molar-refractivity contribution in [2.45, 2.75) is 20.5 Å². The van der Waals surface area contributed by atoms with Crippen LogP contribution in [-0.2, 0) is 11.4 Å². The summed E-state index contributed by atoms with van der Waals surface area (Å²) in [7, 11) is 1.59. The van der Waals surface area contributed by atoms with Crippen LogP contribution >= 0.6 is 11.6 Å². The first-order valence-corrected chi connectivity index (χ1v) is 11.5. The highest BCUT2D eigenvalue weighted by atomic mass is 35.5. The van der Waals surface area contributed by atoms with Gasteiger partial charge in [0.25, 0.3) is 0 Å². The number of carbonyl (C=O) groups is 1. The molecule has 1 aliphatic heterocycles. The SMILES string of the molecule is COc1cc(/C=C/C(=O)N2CCN(c3ccc(Cl)cc3)CC2)ccc1OCc1c(C)noc1C. The first-order chi connectivity index (χ1) is 16.4. The summed E-state index contributed by atoms with van der Waals surface area (Å²) < 4.78 is 16.6. The van der Waals surface area contributed by atoms with E-state index in [1.807, 2.05) is 61.2 Å². The van der Waals surface area contributed by atoms with Gasteiger partial charge in [-0.15, -0.1) is 0 Å². The van der Waals surface area contributed by atoms with Crippen molar-refractivity contribution in [2.75, 3.05) is 38.2 Å². The number of aromatic nitrogens is 1. The van der Waals surface area contributed by atoms with Crippen LogP contribution in [0.25, 0.3) is 6.08 Å². The Morgan fingerprint density at radius 1 is 1.09 bits per heavy atom. The highest BCUT2D eigenvalue weighted by molar-refractivity contribution is 6.30. The number of methoxy groups -OCH3 is 1. The molecule has 1 aliphatic rings. The van der Waals surface area contributed by atoms with Crippen LogP contribution in [0.15, 0.2) is 53.1 Å². The Bertz CT molecular complexity index is 1150. The molecule has 1 amide bonds. The van der Waals surface area contributed by atoms with E-state index >= 15 is 0 Å². The number of nitrogens with zero attached hydrogens (tertiary/aromatic N) is 3. The second-order valence-corrected chi connectivity index (χ2v) is 8.56. The minimum atomic E-state index is -0.00606. The van der Waals surface area contributed by atoms with Gasteiger partial charge >= 0.3 is 0 Å². The van der Waals surface area contributed by atoms with Crippen molar-refractivity contribution in [3.63, 3.8) is 0 Å². The topological polar surface area (TPSA) is 68.0 Å². The lowest BCUT2D eigenvalue weighted by atomic mass is 10.1. The van der Waals surface area contributed by atoms with Gasteiger partial charge in [-0.25, -0.2) is 0 Å². The standard InChI is InChI=1S/C26H28ClN3O4/c1-18-23(19(2)34-28-18)17-33-24-10-4-20(16-25(24)32-3)5-11-26(31)30-14-12-29(13-15-30)22-8-6-21(27)7-9-22/h4-11,16H,12-15,17H2,1-3H3/b11-5+. The maximum atomic E-state index is 12.7. The largest absolute Gasteiger partial charge is 0.493 e. The minimum Gasteiger partial charge on any atom is -0.493 e. The number of aryl methyl sites for hydroxylation is 2. The lowest BCUT2D eigenvalue weighted by Gasteiger charge is -2.35. The van der Waals surface area contributed by atoms with Gasteiger partial charge in [-0.1, -0.05) is 22.8 Å². The maximum absolute atomic E-state index is 12.7. The summed E-state index contributed by atoms with van der Waals surface area (Å²) in [6.07, 6.45) is 3.41. The van der Waals surface area contributed by atoms with Crippen molar-refractivity contribution in [2.24, 2.45) is 0 Å². The number of anilines is 1. The van der Waals surface area contributed by atoms with Crippen LogP contribution in [-0.4, -0.2) is 49.3 Å². The lowest BCUT2D eigenvalue weighted by Crippen LogP contribution is -2.48. The molecule has 4 rings (SSSR count). The summed E-state index contributed by atoms with van der Waals surface area (Å²) in [5, 5.41) is 4.67. The Morgan fingerprint density at radius 2 is 1.82 bits per heavy atom. The molecule has 0 atom stereocenters. The van der Waals surface area contributed by atoms with E-state index in [0.717, 1.165) is 46.4 Å². The fraction of sp³-hybridized carbons (Fsp3) is 0.308. The van der Waals surface area contributed by atoms with Crippen molar-refractivity contribution in [3.8, 4) is 11.5 Å². The van der Waals surface area contributed by atoms with E-state index in [9.17, 15) is 4.79 Å². The summed E-state index contributed by atoms with van der Waals surface area (Å²) in [5.41, 5.74) is 3.71. The Kier molecular flexibility index (Phi) is 7.43. The fourth-order valence-corrected chi connectivity index (χ4v) is 4.00. The third kappa shape index (κ3) is 5.54. The van der Waals surface area contributed by atoms with Crippen LogP contribution in [0.4, 0.5) is 5.69 Å². The van der Waals surface area contributed by atoms with Crippen LogP contribution in [0.3, 0.4) is 0 Å². The predicted molar refractivity (Wildman–Crippen MR) is 133 cm³/mol. The Balaban J connectivity index is 1.34. The summed E-state index contributed by atoms with van der Waals surface area (Å²) in [5.74, 6) is 1.94. The molecule has 0 saturated carbocycles. The van der Waals surface area contributed by atoms with Crippen molar-refractivity contribution in [1.29, 1.82) is 0 Å². The molecule has 7 nitrogen and oxygen atoms in total. The first kappa shape index (κ1) is 23.7. The van der Waals surface area contributed by atoms with Gasteiger partial charge in [-0.05, 0) is 61.9 Å². The Morgan fingerprint density at radius 3 is 2.47 bits per heavy atom. The molecule has 1 aromatic heterocycles. The van der Waals surface area contributed by atoms with Gasteiger partial charge in [0, 0.05) is 43.0 Å². The second-order valence-electron chi connectivity index (χ2n) is 8.12. The summed E-state index contributed by atoms with van der Waals surface area (Å²) in [4.78, 5) is 16.8. The zero-order chi connectivity index (χ0) is 24.1. The molecule has 1 saturated heterocycles. The average molecular weight is 482 g/mol. The molecule has 0 N–H and O–H groups in total. The fourth-order valence-electron chi connectivity index (χ4n) is 3.87. The molecule has 34 heavy (non-hydrogen) atoms. The molecule has 2 heterocycles. The van der Waals surface area contributed by atoms with Gasteiger partial charge in [0.05, 0.1) is 18.4 Å². The quantitative estimate of drug-likeness (QED) is 0.447. The predicted octanol–water partition coefficient (Wildman–Crippen LogP) is 4.89. The number of rotatable bonds is 7. The van der Waals surface area contributed by atoms with Crippen LogP contribution in [0.2, 0.25) is 5.02 Å². The van der Waals surface area contributed by atoms with Gasteiger partial charge in [0.15, 0.2) is 11.5 Å². The number of benzene rings is 2. The number of carbonyl (C=O) groups excluding carboxylic acids is 1. The number of ether oxygens (including phenoxy) is 2. The number of halogens is 1. The highest BCUT2D eigenvalue weighted by Crippen LogP contribution is 2.30. The molecule has 178 valence electrons. The van der Waals surface area contributed by atoms with E-state index < -0.39 is 0 Å². The van der Waals surface area contributed by atoms with Crippen LogP contribution in [0, 0.1) is 13.8 Å². The number of hydrogen-bond donors (Lipinski definition) is 0. The van der Waals surface area contributed by atoms with Crippen LogP contribution in [0.1, 0.15) is 22.6 Å². The molecule has 2 aromatic carbocycles. The zero-order valence-electron chi connectivity index (χ0n) is 19.6. The highest BCUT2D eigenvalue weighted by Gasteiger charge is 2.20. The lowest BCUT2D eigenvalue weighted by molar-refractivity contribution is -0.126. The normalized spacial score (nSPS) is 14.0. The van der Waals surface area contributed by atoms with Gasteiger partial charge in [-0.2, -0.15) is 0 Å². The van der Waals surface area contributed by atoms with Crippen molar-refractivity contribution in [1.82, 2.24) is 10.1 Å². The third-order valence-electron chi connectivity index (χ3n) is 5.94. The molecule has 0 radical (unpaired) electrons. The molecule has 0 bridgehead atoms. The monoisotopic (exact) mass is 481 g/mol. The van der Waals surface area contributed by atoms with E-state index in [0.29, 0.717) is 31.2 Å².